The van der Waals surface area contributed by atoms with Crippen molar-refractivity contribution in [1.82, 2.24) is 24.7 Å². The molecular formula is C38H58F6N6O15. The van der Waals surface area contributed by atoms with Gasteiger partial charge in [-0.15, -0.1) is 0 Å². The van der Waals surface area contributed by atoms with Gasteiger partial charge in [-0.05, 0) is 19.5 Å². The number of nitrogens with zero attached hydrogens (tertiary/aromatic N) is 3. The molecule has 10 N–H and O–H groups in total. The first-order valence-corrected chi connectivity index (χ1v) is 20.6. The number of carbonyl (C=O) groups excluding carboxylic acids is 2. The molecule has 0 radical (unpaired) electrons. The highest BCUT2D eigenvalue weighted by atomic mass is 19.4. The third kappa shape index (κ3) is 16.7. The zero-order valence-electron chi connectivity index (χ0n) is 35.7. The van der Waals surface area contributed by atoms with E-state index in [0.717, 1.165) is 42.5 Å². The number of carbonyl (C=O) groups is 4. The van der Waals surface area contributed by atoms with Crippen molar-refractivity contribution >= 4 is 23.8 Å². The number of rotatable bonds is 18. The van der Waals surface area contributed by atoms with E-state index in [9.17, 15) is 65.9 Å². The topological polar surface area (TPSA) is 317 Å². The molecular weight excluding hydrogens is 894 g/mol. The molecule has 3 aliphatic rings. The first kappa shape index (κ1) is 56.6. The number of carboxylic acid groups (broad SMARTS) is 2. The highest BCUT2D eigenvalue weighted by Gasteiger charge is 2.55. The SMILES string of the molecule is CCCCCCCCCCCCNC(=O)C1=CCN(C)[C@@H]([C@H](O[C@@H]2O[C@H](CN)[C@@H](O)[C@H]2O)[C@H]2O[C@@H](n3ccc(=O)[nH]c3=O)[C@H](O)[C@@H]2O)C(=O)N1C.O=C(O)C(F)(F)F.O=C(O)C(F)(F)F. The third-order valence-electron chi connectivity index (χ3n) is 10.4. The summed E-state index contributed by atoms with van der Waals surface area (Å²) < 4.78 is 82.2. The van der Waals surface area contributed by atoms with Crippen LogP contribution in [0.4, 0.5) is 26.3 Å². The number of carboxylic acids is 2. The van der Waals surface area contributed by atoms with Crippen molar-refractivity contribution in [1.29, 1.82) is 0 Å². The summed E-state index contributed by atoms with van der Waals surface area (Å²) in [6.07, 6.45) is -9.51. The summed E-state index contributed by atoms with van der Waals surface area (Å²) in [4.78, 5) is 74.3. The maximum Gasteiger partial charge on any atom is 0.490 e. The number of aliphatic carboxylic acids is 2. The number of aromatic amines is 1. The lowest BCUT2D eigenvalue weighted by Gasteiger charge is -2.38. The van der Waals surface area contributed by atoms with Gasteiger partial charge in [0.05, 0.1) is 0 Å². The van der Waals surface area contributed by atoms with Gasteiger partial charge in [-0.25, -0.2) is 14.4 Å². The largest absolute Gasteiger partial charge is 0.490 e. The molecule has 372 valence electrons. The van der Waals surface area contributed by atoms with Gasteiger partial charge in [0.1, 0.15) is 54.5 Å². The summed E-state index contributed by atoms with van der Waals surface area (Å²) in [6.45, 7) is 2.55. The van der Waals surface area contributed by atoms with E-state index in [1.165, 1.54) is 50.5 Å². The predicted octanol–water partition coefficient (Wildman–Crippen LogP) is -0.0936. The Labute approximate surface area is 367 Å². The smallest absolute Gasteiger partial charge is 0.475 e. The maximum atomic E-state index is 14.2. The number of H-pyrrole nitrogens is 1. The van der Waals surface area contributed by atoms with Gasteiger partial charge in [-0.1, -0.05) is 64.7 Å². The van der Waals surface area contributed by atoms with Gasteiger partial charge >= 0.3 is 30.0 Å². The van der Waals surface area contributed by atoms with Crippen molar-refractivity contribution in [3.05, 3.63) is 44.9 Å². The van der Waals surface area contributed by atoms with Crippen LogP contribution in [-0.4, -0.2) is 175 Å². The van der Waals surface area contributed by atoms with Crippen molar-refractivity contribution < 1.29 is 90.4 Å². The molecule has 1 aromatic rings. The fourth-order valence-electron chi connectivity index (χ4n) is 6.85. The number of nitrogens with one attached hydrogen (secondary N) is 2. The Balaban J connectivity index is 0.000000894. The standard InChI is InChI=1S/C34H56N6O11.2C2HF3O2/c1-4-5-6-7-8-9-10-11-12-13-16-36-30(46)20-14-17-38(2)23(31(47)39(20)3)28(51-33-27(45)24(42)21(19-35)49-33)29-25(43)26(44)32(50-29)40-18-15-22(41)37-34(40)48;2*3-2(4,5)1(6)7/h14-15,18,21,23-29,32-33,42-45H,4-13,16-17,19,35H2,1-3H3,(H,36,46)(H,37,41,48);2*(H,6,7)/t21-,23+,24-,25+,26-,27-,28+,29+,32-,33+;;/m1../s1. The third-order valence-corrected chi connectivity index (χ3v) is 10.4. The number of likely N-dealkylation sites (N-methyl/N-ethyl adjacent to an activating group) is 2. The number of aliphatic hydroxyl groups is 4. The number of alkyl halides is 6. The number of ether oxygens (including phenoxy) is 3. The summed E-state index contributed by atoms with van der Waals surface area (Å²) in [5, 5.41) is 60.7. The van der Waals surface area contributed by atoms with Gasteiger partial charge in [0.25, 0.3) is 11.5 Å². The van der Waals surface area contributed by atoms with Gasteiger partial charge < -0.3 is 60.8 Å². The predicted molar refractivity (Wildman–Crippen MR) is 211 cm³/mol. The highest BCUT2D eigenvalue weighted by Crippen LogP contribution is 2.36. The molecule has 21 nitrogen and oxygen atoms in total. The Morgan fingerprint density at radius 2 is 1.37 bits per heavy atom. The molecule has 0 spiro atoms. The van der Waals surface area contributed by atoms with Crippen molar-refractivity contribution in [3.8, 4) is 0 Å². The molecule has 10 atom stereocenters. The average Bonchev–Trinajstić information content (AvgIpc) is 3.63. The number of unbranched alkanes of at least 4 members (excludes halogenated alkanes) is 9. The lowest BCUT2D eigenvalue weighted by Crippen LogP contribution is -2.59. The Bertz CT molecular complexity index is 1830. The second kappa shape index (κ2) is 26.0. The lowest BCUT2D eigenvalue weighted by molar-refractivity contribution is -0.232. The molecule has 27 heteroatoms. The van der Waals surface area contributed by atoms with Gasteiger partial charge in [-0.3, -0.25) is 28.8 Å². The highest BCUT2D eigenvalue weighted by molar-refractivity contribution is 5.99. The van der Waals surface area contributed by atoms with Crippen LogP contribution in [0.2, 0.25) is 0 Å². The van der Waals surface area contributed by atoms with Gasteiger partial charge in [-0.2, -0.15) is 26.3 Å². The fraction of sp³-hybridized carbons (Fsp3) is 0.737. The van der Waals surface area contributed by atoms with E-state index in [-0.39, 0.29) is 18.8 Å². The number of halogens is 6. The van der Waals surface area contributed by atoms with Crippen molar-refractivity contribution in [2.75, 3.05) is 33.7 Å². The van der Waals surface area contributed by atoms with Gasteiger partial charge in [0.15, 0.2) is 12.5 Å². The van der Waals surface area contributed by atoms with E-state index in [1.54, 1.807) is 18.0 Å². The first-order chi connectivity index (χ1) is 30.3. The van der Waals surface area contributed by atoms with Crippen LogP contribution in [0.3, 0.4) is 0 Å². The molecule has 2 saturated heterocycles. The molecule has 2 amide bonds. The van der Waals surface area contributed by atoms with E-state index in [0.29, 0.717) is 6.54 Å². The van der Waals surface area contributed by atoms with Crippen molar-refractivity contribution in [3.63, 3.8) is 0 Å². The molecule has 3 aliphatic heterocycles. The summed E-state index contributed by atoms with van der Waals surface area (Å²) in [7, 11) is 3.01. The van der Waals surface area contributed by atoms with Crippen LogP contribution in [0, 0.1) is 0 Å². The Morgan fingerprint density at radius 3 is 1.85 bits per heavy atom. The number of aromatic nitrogens is 2. The zero-order chi connectivity index (χ0) is 49.4. The maximum absolute atomic E-state index is 14.2. The second-order valence-electron chi connectivity index (χ2n) is 15.3. The minimum absolute atomic E-state index is 0.0674. The Morgan fingerprint density at radius 1 is 0.846 bits per heavy atom. The molecule has 0 unspecified atom stereocenters. The molecule has 1 aromatic heterocycles. The monoisotopic (exact) mass is 952 g/mol. The fourth-order valence-corrected chi connectivity index (χ4v) is 6.85. The van der Waals surface area contributed by atoms with E-state index < -0.39 is 109 Å². The van der Waals surface area contributed by atoms with Crippen molar-refractivity contribution in [2.45, 2.75) is 145 Å². The average molecular weight is 953 g/mol. The van der Waals surface area contributed by atoms with E-state index in [1.807, 2.05) is 0 Å². The van der Waals surface area contributed by atoms with Crippen LogP contribution in [-0.2, 0) is 33.4 Å². The molecule has 65 heavy (non-hydrogen) atoms. The number of amides is 2. The normalized spacial score (nSPS) is 26.6. The van der Waals surface area contributed by atoms with Crippen LogP contribution in [0.25, 0.3) is 0 Å². The molecule has 0 aliphatic carbocycles. The summed E-state index contributed by atoms with van der Waals surface area (Å²) in [5.41, 5.74) is 4.18. The Kier molecular flexibility index (Phi) is 22.7. The molecule has 0 bridgehead atoms. The van der Waals surface area contributed by atoms with E-state index in [4.69, 9.17) is 39.7 Å². The number of aliphatic hydroxyl groups excluding tert-OH is 4. The molecule has 4 rings (SSSR count). The molecule has 0 saturated carbocycles. The number of hydrogen-bond acceptors (Lipinski definition) is 15. The van der Waals surface area contributed by atoms with Gasteiger partial charge in [0, 0.05) is 38.9 Å². The van der Waals surface area contributed by atoms with Crippen LogP contribution < -0.4 is 22.3 Å². The summed E-state index contributed by atoms with van der Waals surface area (Å²) in [5.74, 6) is -6.60. The summed E-state index contributed by atoms with van der Waals surface area (Å²) >= 11 is 0. The summed E-state index contributed by atoms with van der Waals surface area (Å²) in [6, 6.07) is -0.268. The minimum atomic E-state index is -5.08. The molecule has 0 aromatic carbocycles. The van der Waals surface area contributed by atoms with Crippen LogP contribution in [0.1, 0.15) is 77.4 Å². The Hall–Kier alpha value is -4.48. The minimum Gasteiger partial charge on any atom is -0.475 e. The van der Waals surface area contributed by atoms with Crippen LogP contribution >= 0.6 is 0 Å². The zero-order valence-corrected chi connectivity index (χ0v) is 35.7. The van der Waals surface area contributed by atoms with Crippen molar-refractivity contribution in [2.24, 2.45) is 5.73 Å². The quantitative estimate of drug-likeness (QED) is 0.0686. The first-order valence-electron chi connectivity index (χ1n) is 20.6. The lowest BCUT2D eigenvalue weighted by atomic mass is 9.97. The molecule has 2 fully saturated rings. The van der Waals surface area contributed by atoms with E-state index in [2.05, 4.69) is 17.2 Å². The second-order valence-corrected chi connectivity index (χ2v) is 15.3. The van der Waals surface area contributed by atoms with Crippen LogP contribution in [0.15, 0.2) is 33.6 Å². The number of nitrogens with two attached hydrogens (primary N) is 1. The number of hydrogen-bond donors (Lipinski definition) is 9. The van der Waals surface area contributed by atoms with E-state index >= 15 is 0 Å². The van der Waals surface area contributed by atoms with Gasteiger partial charge in [0.2, 0.25) is 5.91 Å². The van der Waals surface area contributed by atoms with Crippen LogP contribution in [0.5, 0.6) is 0 Å². The molecule has 4 heterocycles.